The number of benzene rings is 3. The van der Waals surface area contributed by atoms with Crippen LogP contribution < -0.4 is 9.62 Å². The summed E-state index contributed by atoms with van der Waals surface area (Å²) in [4.78, 5) is 13.2. The maximum Gasteiger partial charge on any atom is 0.265 e. The van der Waals surface area contributed by atoms with Gasteiger partial charge in [0.05, 0.1) is 15.5 Å². The van der Waals surface area contributed by atoms with E-state index in [0.717, 1.165) is 29.0 Å². The lowest BCUT2D eigenvalue weighted by atomic mass is 10.1. The lowest BCUT2D eigenvalue weighted by Crippen LogP contribution is -2.36. The molecular weight excluding hydrogens is 474 g/mol. The molecule has 1 N–H and O–H groups in total. The number of nitrogens with zero attached hydrogens (tertiary/aromatic N) is 2. The van der Waals surface area contributed by atoms with Crippen molar-refractivity contribution >= 4 is 48.1 Å². The van der Waals surface area contributed by atoms with Gasteiger partial charge in [0.2, 0.25) is 15.9 Å². The summed E-state index contributed by atoms with van der Waals surface area (Å²) in [5, 5.41) is 4.06. The maximum absolute atomic E-state index is 13.2. The molecule has 10 heteroatoms. The number of nitrogens with one attached hydrogen (secondary N) is 1. The number of anilines is 2. The molecule has 2 aliphatic heterocycles. The molecule has 2 aliphatic rings. The molecule has 3 aromatic rings. The average molecular weight is 500 g/mol. The second-order valence-corrected chi connectivity index (χ2v) is 12.4. The lowest BCUT2D eigenvalue weighted by molar-refractivity contribution is -0.114. The molecule has 3 aromatic carbocycles. The molecule has 1 saturated heterocycles. The van der Waals surface area contributed by atoms with Crippen LogP contribution in [0.25, 0.3) is 10.8 Å². The van der Waals surface area contributed by atoms with Gasteiger partial charge < -0.3 is 5.32 Å². The van der Waals surface area contributed by atoms with Crippen molar-refractivity contribution in [1.29, 1.82) is 0 Å². The van der Waals surface area contributed by atoms with Crippen LogP contribution in [0, 0.1) is 6.92 Å². The predicted molar refractivity (Wildman–Crippen MR) is 131 cm³/mol. The number of amides is 1. The standard InChI is InChI=1S/C24H25N3O5S2/c1-17-11-12-19(15-22(17)33(29,30)26-13-3-2-4-14-26)25-23(28)16-27-20-9-5-7-18-8-6-10-21(24(18)20)34(27,31)32/h5-12,15H,2-4,13-14,16H2,1H3,(H,25,28). The van der Waals surface area contributed by atoms with Gasteiger partial charge in [0, 0.05) is 24.2 Å². The first-order chi connectivity index (χ1) is 16.2. The molecule has 2 heterocycles. The Morgan fingerprint density at radius 1 is 1.00 bits per heavy atom. The largest absolute Gasteiger partial charge is 0.324 e. The Morgan fingerprint density at radius 3 is 2.44 bits per heavy atom. The predicted octanol–water partition coefficient (Wildman–Crippen LogP) is 3.47. The van der Waals surface area contributed by atoms with Crippen LogP contribution in [0.5, 0.6) is 0 Å². The van der Waals surface area contributed by atoms with Crippen molar-refractivity contribution in [1.82, 2.24) is 4.31 Å². The molecule has 8 nitrogen and oxygen atoms in total. The van der Waals surface area contributed by atoms with Crippen molar-refractivity contribution in [2.75, 3.05) is 29.3 Å². The summed E-state index contributed by atoms with van der Waals surface area (Å²) in [5.41, 5.74) is 1.35. The number of piperidine rings is 1. The van der Waals surface area contributed by atoms with Crippen molar-refractivity contribution in [2.24, 2.45) is 0 Å². The van der Waals surface area contributed by atoms with Crippen molar-refractivity contribution < 1.29 is 21.6 Å². The molecule has 0 spiro atoms. The van der Waals surface area contributed by atoms with Crippen molar-refractivity contribution in [3.63, 3.8) is 0 Å². The molecule has 34 heavy (non-hydrogen) atoms. The van der Waals surface area contributed by atoms with Crippen molar-refractivity contribution in [3.8, 4) is 0 Å². The highest BCUT2D eigenvalue weighted by Gasteiger charge is 2.36. The molecule has 5 rings (SSSR count). The SMILES string of the molecule is Cc1ccc(NC(=O)CN2c3cccc4cccc(c34)S2(=O)=O)cc1S(=O)(=O)N1CCCCC1. The number of carbonyl (C=O) groups excluding carboxylic acids is 1. The van der Waals surface area contributed by atoms with Crippen LogP contribution in [-0.2, 0) is 24.8 Å². The van der Waals surface area contributed by atoms with E-state index in [1.807, 2.05) is 12.1 Å². The minimum Gasteiger partial charge on any atom is -0.324 e. The van der Waals surface area contributed by atoms with E-state index in [2.05, 4.69) is 5.32 Å². The Labute approximate surface area is 199 Å². The molecule has 0 saturated carbocycles. The highest BCUT2D eigenvalue weighted by molar-refractivity contribution is 7.93. The summed E-state index contributed by atoms with van der Waals surface area (Å²) in [6.07, 6.45) is 2.67. The first-order valence-electron chi connectivity index (χ1n) is 11.1. The summed E-state index contributed by atoms with van der Waals surface area (Å²) in [6, 6.07) is 15.0. The fourth-order valence-electron chi connectivity index (χ4n) is 4.66. The Bertz CT molecular complexity index is 1510. The normalized spacial score (nSPS) is 17.7. The summed E-state index contributed by atoms with van der Waals surface area (Å²) < 4.78 is 55.2. The van der Waals surface area contributed by atoms with Gasteiger partial charge in [-0.05, 0) is 55.0 Å². The van der Waals surface area contributed by atoms with Gasteiger partial charge in [-0.25, -0.2) is 16.8 Å². The average Bonchev–Trinajstić information content (AvgIpc) is 3.04. The highest BCUT2D eigenvalue weighted by atomic mass is 32.2. The molecule has 0 radical (unpaired) electrons. The van der Waals surface area contributed by atoms with Crippen molar-refractivity contribution in [2.45, 2.75) is 36.0 Å². The van der Waals surface area contributed by atoms with E-state index in [1.165, 1.54) is 16.4 Å². The fourth-order valence-corrected chi connectivity index (χ4v) is 8.09. The third-order valence-electron chi connectivity index (χ3n) is 6.37. The monoisotopic (exact) mass is 499 g/mol. The molecule has 0 aliphatic carbocycles. The maximum atomic E-state index is 13.2. The number of hydrogen-bond acceptors (Lipinski definition) is 5. The van der Waals surface area contributed by atoms with E-state index < -0.39 is 32.5 Å². The molecule has 178 valence electrons. The van der Waals surface area contributed by atoms with Gasteiger partial charge in [-0.2, -0.15) is 4.31 Å². The van der Waals surface area contributed by atoms with Gasteiger partial charge in [0.1, 0.15) is 6.54 Å². The van der Waals surface area contributed by atoms with Crippen LogP contribution in [0.2, 0.25) is 0 Å². The number of aryl methyl sites for hydroxylation is 1. The topological polar surface area (TPSA) is 104 Å². The molecule has 1 amide bonds. The summed E-state index contributed by atoms with van der Waals surface area (Å²) in [7, 11) is -7.55. The smallest absolute Gasteiger partial charge is 0.265 e. The number of rotatable bonds is 5. The zero-order valence-electron chi connectivity index (χ0n) is 18.7. The van der Waals surface area contributed by atoms with Gasteiger partial charge in [0.25, 0.3) is 10.0 Å². The molecule has 0 bridgehead atoms. The van der Waals surface area contributed by atoms with Gasteiger partial charge >= 0.3 is 0 Å². The Kier molecular flexibility index (Phi) is 5.62. The third-order valence-corrected chi connectivity index (χ3v) is 10.2. The van der Waals surface area contributed by atoms with Gasteiger partial charge in [-0.1, -0.05) is 36.8 Å². The summed E-state index contributed by atoms with van der Waals surface area (Å²) in [5.74, 6) is -0.557. The zero-order valence-corrected chi connectivity index (χ0v) is 20.3. The van der Waals surface area contributed by atoms with E-state index in [4.69, 9.17) is 0 Å². The van der Waals surface area contributed by atoms with Crippen LogP contribution in [0.3, 0.4) is 0 Å². The zero-order chi connectivity index (χ0) is 24.1. The molecule has 0 atom stereocenters. The second kappa shape index (κ2) is 8.37. The Morgan fingerprint density at radius 2 is 1.71 bits per heavy atom. The number of carbonyl (C=O) groups is 1. The number of hydrogen-bond donors (Lipinski definition) is 1. The van der Waals surface area contributed by atoms with Crippen LogP contribution in [0.4, 0.5) is 11.4 Å². The van der Waals surface area contributed by atoms with E-state index in [1.54, 1.807) is 37.3 Å². The fraction of sp³-hybridized carbons (Fsp3) is 0.292. The van der Waals surface area contributed by atoms with Gasteiger partial charge in [0.15, 0.2) is 0 Å². The molecular formula is C24H25N3O5S2. The van der Waals surface area contributed by atoms with Gasteiger partial charge in [-0.3, -0.25) is 9.10 Å². The Balaban J connectivity index is 1.40. The Hall–Kier alpha value is -2.95. The molecule has 0 aromatic heterocycles. The van der Waals surface area contributed by atoms with E-state index in [-0.39, 0.29) is 9.79 Å². The van der Waals surface area contributed by atoms with Gasteiger partial charge in [-0.15, -0.1) is 0 Å². The van der Waals surface area contributed by atoms with Crippen molar-refractivity contribution in [3.05, 3.63) is 60.2 Å². The first kappa shape index (κ1) is 22.8. The summed E-state index contributed by atoms with van der Waals surface area (Å²) in [6.45, 7) is 2.27. The lowest BCUT2D eigenvalue weighted by Gasteiger charge is -2.26. The minimum absolute atomic E-state index is 0.151. The second-order valence-electron chi connectivity index (χ2n) is 8.64. The van der Waals surface area contributed by atoms with E-state index in [9.17, 15) is 21.6 Å². The molecule has 1 fully saturated rings. The van der Waals surface area contributed by atoms with E-state index in [0.29, 0.717) is 35.4 Å². The minimum atomic E-state index is -3.87. The van der Waals surface area contributed by atoms with Crippen LogP contribution >= 0.6 is 0 Å². The number of sulfonamides is 2. The third kappa shape index (κ3) is 3.75. The van der Waals surface area contributed by atoms with Crippen LogP contribution in [-0.4, -0.2) is 46.7 Å². The quantitative estimate of drug-likeness (QED) is 0.579. The first-order valence-corrected chi connectivity index (χ1v) is 14.0. The highest BCUT2D eigenvalue weighted by Crippen LogP contribution is 2.41. The summed E-state index contributed by atoms with van der Waals surface area (Å²) >= 11 is 0. The van der Waals surface area contributed by atoms with Crippen LogP contribution in [0.15, 0.2) is 64.4 Å². The van der Waals surface area contributed by atoms with E-state index >= 15 is 0 Å². The van der Waals surface area contributed by atoms with Crippen LogP contribution in [0.1, 0.15) is 24.8 Å². The molecule has 0 unspecified atom stereocenters.